The van der Waals surface area contributed by atoms with Crippen LogP contribution < -0.4 is 5.32 Å². The van der Waals surface area contributed by atoms with Crippen molar-refractivity contribution >= 4 is 34.1 Å². The summed E-state index contributed by atoms with van der Waals surface area (Å²) in [6.45, 7) is 2.06. The van der Waals surface area contributed by atoms with Gasteiger partial charge in [-0.15, -0.1) is 0 Å². The highest BCUT2D eigenvalue weighted by Gasteiger charge is 1.96. The van der Waals surface area contributed by atoms with E-state index in [2.05, 4.69) is 51.9 Å². The van der Waals surface area contributed by atoms with E-state index in [0.29, 0.717) is 0 Å². The van der Waals surface area contributed by atoms with Gasteiger partial charge in [0.05, 0.1) is 0 Å². The fraction of sp³-hybridized carbons (Fsp3) is 0.0833. The van der Waals surface area contributed by atoms with Crippen molar-refractivity contribution in [3.63, 3.8) is 0 Å². The second-order valence-electron chi connectivity index (χ2n) is 3.35. The number of aryl methyl sites for hydroxylation is 1. The van der Waals surface area contributed by atoms with Gasteiger partial charge in [0, 0.05) is 15.5 Å². The van der Waals surface area contributed by atoms with Crippen molar-refractivity contribution in [2.24, 2.45) is 0 Å². The molecule has 15 heavy (non-hydrogen) atoms. The third-order valence-corrected chi connectivity index (χ3v) is 2.68. The molecule has 0 amide bonds. The average molecular weight is 310 g/mol. The van der Waals surface area contributed by atoms with Crippen molar-refractivity contribution in [1.82, 2.24) is 4.98 Å². The van der Waals surface area contributed by atoms with Gasteiger partial charge >= 0.3 is 0 Å². The Kier molecular flexibility index (Phi) is 3.20. The third-order valence-electron chi connectivity index (χ3n) is 2.01. The zero-order valence-electron chi connectivity index (χ0n) is 8.37. The van der Waals surface area contributed by atoms with Gasteiger partial charge in [-0.2, -0.15) is 0 Å². The van der Waals surface area contributed by atoms with Crippen molar-refractivity contribution in [2.75, 3.05) is 5.32 Å². The molecule has 1 aromatic heterocycles. The molecule has 0 aliphatic heterocycles. The first-order valence-electron chi connectivity index (χ1n) is 4.69. The van der Waals surface area contributed by atoms with Gasteiger partial charge in [0.15, 0.2) is 0 Å². The molecule has 2 rings (SSSR count). The first-order chi connectivity index (χ1) is 7.24. The molecular formula is C12H11IN2. The van der Waals surface area contributed by atoms with E-state index in [1.54, 1.807) is 0 Å². The van der Waals surface area contributed by atoms with Crippen LogP contribution in [0.25, 0.3) is 0 Å². The van der Waals surface area contributed by atoms with Crippen molar-refractivity contribution in [1.29, 1.82) is 0 Å². The van der Waals surface area contributed by atoms with E-state index >= 15 is 0 Å². The summed E-state index contributed by atoms with van der Waals surface area (Å²) in [6.07, 6.45) is 1.81. The third kappa shape index (κ3) is 2.92. The fourth-order valence-corrected chi connectivity index (χ4v) is 1.86. The SMILES string of the molecule is Cc1ccnc(Nc2cccc(I)c2)c1. The van der Waals surface area contributed by atoms with Gasteiger partial charge in [-0.25, -0.2) is 4.98 Å². The molecule has 2 nitrogen and oxygen atoms in total. The minimum absolute atomic E-state index is 0.886. The van der Waals surface area contributed by atoms with E-state index < -0.39 is 0 Å². The summed E-state index contributed by atoms with van der Waals surface area (Å²) in [6, 6.07) is 12.2. The van der Waals surface area contributed by atoms with Crippen LogP contribution in [-0.2, 0) is 0 Å². The number of anilines is 2. The van der Waals surface area contributed by atoms with Crippen molar-refractivity contribution < 1.29 is 0 Å². The van der Waals surface area contributed by atoms with Crippen LogP contribution in [0.3, 0.4) is 0 Å². The number of aromatic nitrogens is 1. The zero-order chi connectivity index (χ0) is 10.7. The number of rotatable bonds is 2. The Morgan fingerprint density at radius 3 is 2.80 bits per heavy atom. The molecule has 0 aliphatic carbocycles. The number of hydrogen-bond donors (Lipinski definition) is 1. The highest BCUT2D eigenvalue weighted by Crippen LogP contribution is 2.17. The second kappa shape index (κ2) is 4.61. The Balaban J connectivity index is 2.22. The molecule has 2 aromatic rings. The summed E-state index contributed by atoms with van der Waals surface area (Å²) < 4.78 is 1.21. The standard InChI is InChI=1S/C12H11IN2/c1-9-5-6-14-12(7-9)15-11-4-2-3-10(13)8-11/h2-8H,1H3,(H,14,15). The lowest BCUT2D eigenvalue weighted by atomic mass is 10.3. The Bertz CT molecular complexity index is 425. The van der Waals surface area contributed by atoms with E-state index in [4.69, 9.17) is 0 Å². The molecule has 76 valence electrons. The van der Waals surface area contributed by atoms with Crippen LogP contribution in [0.15, 0.2) is 42.6 Å². The predicted molar refractivity (Wildman–Crippen MR) is 71.4 cm³/mol. The predicted octanol–water partition coefficient (Wildman–Crippen LogP) is 3.74. The number of pyridine rings is 1. The lowest BCUT2D eigenvalue weighted by Crippen LogP contribution is -1.93. The highest BCUT2D eigenvalue weighted by molar-refractivity contribution is 14.1. The summed E-state index contributed by atoms with van der Waals surface area (Å²) in [5, 5.41) is 3.27. The molecule has 0 atom stereocenters. The lowest BCUT2D eigenvalue weighted by Gasteiger charge is -2.06. The van der Waals surface area contributed by atoms with E-state index in [9.17, 15) is 0 Å². The quantitative estimate of drug-likeness (QED) is 0.855. The van der Waals surface area contributed by atoms with E-state index in [1.165, 1.54) is 9.13 Å². The van der Waals surface area contributed by atoms with Gasteiger partial charge in [0.2, 0.25) is 0 Å². The van der Waals surface area contributed by atoms with Crippen LogP contribution in [-0.4, -0.2) is 4.98 Å². The Morgan fingerprint density at radius 2 is 2.07 bits per heavy atom. The second-order valence-corrected chi connectivity index (χ2v) is 4.60. The van der Waals surface area contributed by atoms with Crippen molar-refractivity contribution in [2.45, 2.75) is 6.92 Å². The van der Waals surface area contributed by atoms with E-state index in [1.807, 2.05) is 30.5 Å². The molecule has 0 radical (unpaired) electrons. The number of hydrogen-bond acceptors (Lipinski definition) is 2. The molecule has 1 N–H and O–H groups in total. The number of nitrogens with zero attached hydrogens (tertiary/aromatic N) is 1. The van der Waals surface area contributed by atoms with E-state index in [-0.39, 0.29) is 0 Å². The van der Waals surface area contributed by atoms with Crippen LogP contribution >= 0.6 is 22.6 Å². The van der Waals surface area contributed by atoms with Gasteiger partial charge in [-0.05, 0) is 65.4 Å². The maximum absolute atomic E-state index is 4.25. The van der Waals surface area contributed by atoms with Gasteiger partial charge in [-0.3, -0.25) is 0 Å². The Labute approximate surface area is 103 Å². The fourth-order valence-electron chi connectivity index (χ4n) is 1.32. The maximum Gasteiger partial charge on any atom is 0.130 e. The van der Waals surface area contributed by atoms with Crippen LogP contribution in [0.1, 0.15) is 5.56 Å². The minimum Gasteiger partial charge on any atom is -0.340 e. The van der Waals surface area contributed by atoms with Crippen molar-refractivity contribution in [3.05, 3.63) is 51.7 Å². The number of halogens is 1. The smallest absolute Gasteiger partial charge is 0.130 e. The lowest BCUT2D eigenvalue weighted by molar-refractivity contribution is 1.27. The topological polar surface area (TPSA) is 24.9 Å². The molecule has 1 heterocycles. The first kappa shape index (κ1) is 10.4. The molecule has 0 bridgehead atoms. The highest BCUT2D eigenvalue weighted by atomic mass is 127. The molecule has 0 spiro atoms. The number of nitrogens with one attached hydrogen (secondary N) is 1. The average Bonchev–Trinajstić information content (AvgIpc) is 2.17. The molecule has 0 fully saturated rings. The normalized spacial score (nSPS) is 10.0. The zero-order valence-corrected chi connectivity index (χ0v) is 10.5. The molecule has 0 aliphatic rings. The summed E-state index contributed by atoms with van der Waals surface area (Å²) in [5.41, 5.74) is 2.28. The van der Waals surface area contributed by atoms with Crippen LogP contribution in [0.5, 0.6) is 0 Å². The molecule has 3 heteroatoms. The van der Waals surface area contributed by atoms with Crippen LogP contribution in [0, 0.1) is 10.5 Å². The maximum atomic E-state index is 4.25. The largest absolute Gasteiger partial charge is 0.340 e. The Morgan fingerprint density at radius 1 is 1.20 bits per heavy atom. The summed E-state index contributed by atoms with van der Waals surface area (Å²) >= 11 is 2.29. The number of benzene rings is 1. The summed E-state index contributed by atoms with van der Waals surface area (Å²) in [5.74, 6) is 0.886. The van der Waals surface area contributed by atoms with Crippen LogP contribution in [0.4, 0.5) is 11.5 Å². The van der Waals surface area contributed by atoms with Crippen molar-refractivity contribution in [3.8, 4) is 0 Å². The molecule has 1 aromatic carbocycles. The first-order valence-corrected chi connectivity index (χ1v) is 5.77. The molecule has 0 unspecified atom stereocenters. The summed E-state index contributed by atoms with van der Waals surface area (Å²) in [4.78, 5) is 4.25. The molecule has 0 saturated carbocycles. The van der Waals surface area contributed by atoms with Crippen LogP contribution in [0.2, 0.25) is 0 Å². The van der Waals surface area contributed by atoms with Gasteiger partial charge < -0.3 is 5.32 Å². The molecule has 0 saturated heterocycles. The minimum atomic E-state index is 0.886. The summed E-state index contributed by atoms with van der Waals surface area (Å²) in [7, 11) is 0. The van der Waals surface area contributed by atoms with Gasteiger partial charge in [-0.1, -0.05) is 6.07 Å². The Hall–Kier alpha value is -1.10. The van der Waals surface area contributed by atoms with Gasteiger partial charge in [0.25, 0.3) is 0 Å². The van der Waals surface area contributed by atoms with Gasteiger partial charge in [0.1, 0.15) is 5.82 Å². The molecular weight excluding hydrogens is 299 g/mol. The van der Waals surface area contributed by atoms with E-state index in [0.717, 1.165) is 11.5 Å². The monoisotopic (exact) mass is 310 g/mol.